The van der Waals surface area contributed by atoms with E-state index in [1.807, 2.05) is 37.3 Å². The summed E-state index contributed by atoms with van der Waals surface area (Å²) in [5.74, 6) is 0.294. The zero-order valence-electron chi connectivity index (χ0n) is 19.8. The minimum absolute atomic E-state index is 0.234. The number of methoxy groups -OCH3 is 2. The highest BCUT2D eigenvalue weighted by atomic mass is 32.1. The van der Waals surface area contributed by atoms with Crippen molar-refractivity contribution in [3.8, 4) is 5.88 Å². The molecule has 0 saturated carbocycles. The summed E-state index contributed by atoms with van der Waals surface area (Å²) in [5, 5.41) is 6.51. The Morgan fingerprint density at radius 1 is 0.971 bits per heavy atom. The first-order chi connectivity index (χ1) is 17.0. The number of hydrogen-bond acceptors (Lipinski definition) is 7. The van der Waals surface area contributed by atoms with E-state index in [-0.39, 0.29) is 18.4 Å². The van der Waals surface area contributed by atoms with Gasteiger partial charge in [0.15, 0.2) is 5.82 Å². The highest BCUT2D eigenvalue weighted by Crippen LogP contribution is 2.35. The third-order valence-corrected chi connectivity index (χ3v) is 6.62. The van der Waals surface area contributed by atoms with Gasteiger partial charge in [0.25, 0.3) is 11.8 Å². The Morgan fingerprint density at radius 2 is 1.71 bits per heavy atom. The molecule has 8 nitrogen and oxygen atoms in total. The van der Waals surface area contributed by atoms with Crippen molar-refractivity contribution in [2.45, 2.75) is 20.0 Å². The van der Waals surface area contributed by atoms with E-state index in [4.69, 9.17) is 9.47 Å². The van der Waals surface area contributed by atoms with Crippen LogP contribution in [0.25, 0.3) is 10.2 Å². The number of rotatable bonds is 9. The van der Waals surface area contributed by atoms with Gasteiger partial charge in [-0.15, -0.1) is 11.3 Å². The molecular formula is C26H26N4O4S. The molecule has 35 heavy (non-hydrogen) atoms. The van der Waals surface area contributed by atoms with Gasteiger partial charge in [-0.2, -0.15) is 4.98 Å². The predicted molar refractivity (Wildman–Crippen MR) is 136 cm³/mol. The van der Waals surface area contributed by atoms with Crippen molar-refractivity contribution in [3.63, 3.8) is 0 Å². The molecular weight excluding hydrogens is 464 g/mol. The number of amides is 2. The minimum Gasteiger partial charge on any atom is -0.480 e. The van der Waals surface area contributed by atoms with Crippen molar-refractivity contribution < 1.29 is 19.1 Å². The standard InChI is InChI=1S/C26H26N4O4S/c1-16-21-25(34-3)29-20(15-33-2)30-26(21)35-22(16)24(32)28-19-12-8-7-11-18(19)23(31)27-14-13-17-9-5-4-6-10-17/h4-12H,13-15H2,1-3H3,(H,27,31)(H,28,32). The van der Waals surface area contributed by atoms with Crippen LogP contribution in [0.5, 0.6) is 5.88 Å². The summed E-state index contributed by atoms with van der Waals surface area (Å²) in [4.78, 5) is 36.1. The van der Waals surface area contributed by atoms with Crippen molar-refractivity contribution in [2.24, 2.45) is 0 Å². The van der Waals surface area contributed by atoms with Crippen molar-refractivity contribution in [2.75, 3.05) is 26.1 Å². The number of para-hydroxylation sites is 1. The Balaban J connectivity index is 1.53. The van der Waals surface area contributed by atoms with Gasteiger partial charge >= 0.3 is 0 Å². The second-order valence-electron chi connectivity index (χ2n) is 7.81. The summed E-state index contributed by atoms with van der Waals surface area (Å²) in [6, 6.07) is 16.9. The van der Waals surface area contributed by atoms with Crippen LogP contribution >= 0.6 is 11.3 Å². The van der Waals surface area contributed by atoms with Gasteiger partial charge in [-0.3, -0.25) is 9.59 Å². The van der Waals surface area contributed by atoms with Crippen LogP contribution < -0.4 is 15.4 Å². The number of fused-ring (bicyclic) bond motifs is 1. The predicted octanol–water partition coefficient (Wildman–Crippen LogP) is 4.38. The number of benzene rings is 2. The summed E-state index contributed by atoms with van der Waals surface area (Å²) >= 11 is 1.25. The Bertz CT molecular complexity index is 1350. The second-order valence-corrected chi connectivity index (χ2v) is 8.81. The van der Waals surface area contributed by atoms with Crippen LogP contribution in [-0.2, 0) is 17.8 Å². The van der Waals surface area contributed by atoms with Crippen LogP contribution in [-0.4, -0.2) is 42.5 Å². The summed E-state index contributed by atoms with van der Waals surface area (Å²) in [6.45, 7) is 2.55. The fourth-order valence-electron chi connectivity index (χ4n) is 3.73. The summed E-state index contributed by atoms with van der Waals surface area (Å²) in [7, 11) is 3.09. The number of carbonyl (C=O) groups is 2. The van der Waals surface area contributed by atoms with E-state index in [9.17, 15) is 9.59 Å². The van der Waals surface area contributed by atoms with Crippen molar-refractivity contribution in [3.05, 3.63) is 82.0 Å². The molecule has 0 atom stereocenters. The first kappa shape index (κ1) is 24.3. The van der Waals surface area contributed by atoms with Gasteiger partial charge < -0.3 is 20.1 Å². The SMILES string of the molecule is COCc1nc(OC)c2c(C)c(C(=O)Nc3ccccc3C(=O)NCCc3ccccc3)sc2n1. The van der Waals surface area contributed by atoms with E-state index in [1.54, 1.807) is 31.4 Å². The number of ether oxygens (including phenoxy) is 2. The quantitative estimate of drug-likeness (QED) is 0.361. The minimum atomic E-state index is -0.328. The molecule has 0 bridgehead atoms. The van der Waals surface area contributed by atoms with E-state index in [0.717, 1.165) is 12.0 Å². The number of nitrogens with zero attached hydrogens (tertiary/aromatic N) is 2. The Hall–Kier alpha value is -3.82. The molecule has 180 valence electrons. The lowest BCUT2D eigenvalue weighted by Crippen LogP contribution is -2.27. The third kappa shape index (κ3) is 5.47. The fraction of sp³-hybridized carbons (Fsp3) is 0.231. The summed E-state index contributed by atoms with van der Waals surface area (Å²) in [6.07, 6.45) is 0.718. The maximum absolute atomic E-state index is 13.2. The topological polar surface area (TPSA) is 102 Å². The molecule has 0 saturated heterocycles. The molecule has 0 radical (unpaired) electrons. The van der Waals surface area contributed by atoms with E-state index >= 15 is 0 Å². The number of hydrogen-bond donors (Lipinski definition) is 2. The Kier molecular flexibility index (Phi) is 7.69. The largest absolute Gasteiger partial charge is 0.480 e. The molecule has 2 N–H and O–H groups in total. The fourth-order valence-corrected chi connectivity index (χ4v) is 4.82. The molecule has 2 aromatic carbocycles. The number of anilines is 1. The molecule has 0 aliphatic carbocycles. The summed E-state index contributed by atoms with van der Waals surface area (Å²) in [5.41, 5.74) is 2.69. The second kappa shape index (κ2) is 11.1. The van der Waals surface area contributed by atoms with Gasteiger partial charge in [-0.25, -0.2) is 4.98 Å². The average Bonchev–Trinajstić information content (AvgIpc) is 3.21. The Labute approximate surface area is 207 Å². The number of thiophene rings is 1. The van der Waals surface area contributed by atoms with Crippen LogP contribution in [0.3, 0.4) is 0 Å². The van der Waals surface area contributed by atoms with Gasteiger partial charge in [0.1, 0.15) is 11.4 Å². The van der Waals surface area contributed by atoms with Crippen molar-refractivity contribution in [1.29, 1.82) is 0 Å². The average molecular weight is 491 g/mol. The molecule has 4 rings (SSSR count). The molecule has 9 heteroatoms. The molecule has 0 aliphatic heterocycles. The van der Waals surface area contributed by atoms with E-state index in [2.05, 4.69) is 20.6 Å². The lowest BCUT2D eigenvalue weighted by molar-refractivity contribution is 0.0955. The van der Waals surface area contributed by atoms with Crippen LogP contribution in [0, 0.1) is 6.92 Å². The molecule has 2 amide bonds. The highest BCUT2D eigenvalue weighted by Gasteiger charge is 2.22. The molecule has 4 aromatic rings. The highest BCUT2D eigenvalue weighted by molar-refractivity contribution is 7.20. The van der Waals surface area contributed by atoms with Gasteiger partial charge in [-0.1, -0.05) is 42.5 Å². The molecule has 2 aromatic heterocycles. The van der Waals surface area contributed by atoms with E-state index < -0.39 is 0 Å². The van der Waals surface area contributed by atoms with Crippen LogP contribution in [0.15, 0.2) is 54.6 Å². The molecule has 0 aliphatic rings. The first-order valence-electron chi connectivity index (χ1n) is 11.1. The number of nitrogens with one attached hydrogen (secondary N) is 2. The monoisotopic (exact) mass is 490 g/mol. The maximum atomic E-state index is 13.2. The third-order valence-electron chi connectivity index (χ3n) is 5.44. The van der Waals surface area contributed by atoms with Gasteiger partial charge in [0, 0.05) is 13.7 Å². The molecule has 0 fully saturated rings. The molecule has 0 unspecified atom stereocenters. The number of aromatic nitrogens is 2. The van der Waals surface area contributed by atoms with Gasteiger partial charge in [0.2, 0.25) is 5.88 Å². The lowest BCUT2D eigenvalue weighted by Gasteiger charge is -2.11. The van der Waals surface area contributed by atoms with Gasteiger partial charge in [-0.05, 0) is 36.6 Å². The van der Waals surface area contributed by atoms with Crippen LogP contribution in [0.1, 0.15) is 37.0 Å². The van der Waals surface area contributed by atoms with Gasteiger partial charge in [0.05, 0.1) is 28.6 Å². The van der Waals surface area contributed by atoms with Crippen LogP contribution in [0.2, 0.25) is 0 Å². The summed E-state index contributed by atoms with van der Waals surface area (Å²) < 4.78 is 10.6. The zero-order valence-corrected chi connectivity index (χ0v) is 20.6. The van der Waals surface area contributed by atoms with Crippen molar-refractivity contribution in [1.82, 2.24) is 15.3 Å². The first-order valence-corrected chi connectivity index (χ1v) is 11.9. The smallest absolute Gasteiger partial charge is 0.266 e. The molecule has 2 heterocycles. The van der Waals surface area contributed by atoms with E-state index in [0.29, 0.717) is 50.2 Å². The maximum Gasteiger partial charge on any atom is 0.266 e. The van der Waals surface area contributed by atoms with Crippen molar-refractivity contribution >= 4 is 39.1 Å². The van der Waals surface area contributed by atoms with Crippen LogP contribution in [0.4, 0.5) is 5.69 Å². The van der Waals surface area contributed by atoms with E-state index in [1.165, 1.54) is 18.4 Å². The number of aryl methyl sites for hydroxylation is 1. The zero-order chi connectivity index (χ0) is 24.8. The molecule has 0 spiro atoms. The Morgan fingerprint density at radius 3 is 2.46 bits per heavy atom. The normalized spacial score (nSPS) is 10.8. The number of carbonyl (C=O) groups excluding carboxylic acids is 2. The lowest BCUT2D eigenvalue weighted by atomic mass is 10.1.